The summed E-state index contributed by atoms with van der Waals surface area (Å²) in [5.41, 5.74) is 13.7. The van der Waals surface area contributed by atoms with E-state index in [0.717, 1.165) is 44.2 Å². The highest BCUT2D eigenvalue weighted by Crippen LogP contribution is 2.47. The Bertz CT molecular complexity index is 2870. The first-order chi connectivity index (χ1) is 25.3. The first-order valence-corrected chi connectivity index (χ1v) is 17.5. The van der Waals surface area contributed by atoms with Crippen molar-refractivity contribution in [3.63, 3.8) is 0 Å². The molecule has 0 saturated carbocycles. The van der Waals surface area contributed by atoms with Crippen molar-refractivity contribution in [1.29, 1.82) is 0 Å². The van der Waals surface area contributed by atoms with E-state index in [4.69, 9.17) is 4.42 Å². The number of rotatable bonds is 5. The number of fused-ring (bicyclic) bond motifs is 5. The molecule has 0 saturated heterocycles. The van der Waals surface area contributed by atoms with Crippen molar-refractivity contribution in [3.8, 4) is 55.6 Å². The average molecular weight is 649 g/mol. The molecule has 238 valence electrons. The molecule has 1 heterocycles. The van der Waals surface area contributed by atoms with Crippen LogP contribution in [-0.4, -0.2) is 0 Å². The van der Waals surface area contributed by atoms with Gasteiger partial charge in [-0.05, 0) is 89.8 Å². The van der Waals surface area contributed by atoms with Crippen LogP contribution >= 0.6 is 0 Å². The van der Waals surface area contributed by atoms with Gasteiger partial charge < -0.3 is 4.42 Å². The molecule has 10 aromatic rings. The maximum Gasteiger partial charge on any atom is 0.143 e. The lowest BCUT2D eigenvalue weighted by atomic mass is 9.83. The lowest BCUT2D eigenvalue weighted by Crippen LogP contribution is -1.92. The molecule has 0 amide bonds. The zero-order chi connectivity index (χ0) is 33.7. The van der Waals surface area contributed by atoms with Crippen molar-refractivity contribution >= 4 is 43.5 Å². The Balaban J connectivity index is 1.29. The van der Waals surface area contributed by atoms with Gasteiger partial charge in [0.15, 0.2) is 0 Å². The molecular formula is C50H32O. The van der Waals surface area contributed by atoms with Crippen LogP contribution in [0, 0.1) is 0 Å². The Hall–Kier alpha value is -6.70. The topological polar surface area (TPSA) is 13.1 Å². The molecular weight excluding hydrogens is 617 g/mol. The predicted molar refractivity (Wildman–Crippen MR) is 216 cm³/mol. The number of hydrogen-bond acceptors (Lipinski definition) is 1. The molecule has 0 aliphatic carbocycles. The van der Waals surface area contributed by atoms with Crippen molar-refractivity contribution in [3.05, 3.63) is 194 Å². The minimum Gasteiger partial charge on any atom is -0.455 e. The molecule has 0 fully saturated rings. The molecule has 1 nitrogen and oxygen atoms in total. The highest BCUT2D eigenvalue weighted by atomic mass is 16.3. The molecule has 10 rings (SSSR count). The summed E-state index contributed by atoms with van der Waals surface area (Å²) in [5.74, 6) is 0. The number of para-hydroxylation sites is 1. The van der Waals surface area contributed by atoms with Crippen LogP contribution in [0.3, 0.4) is 0 Å². The van der Waals surface area contributed by atoms with Crippen molar-refractivity contribution in [2.24, 2.45) is 0 Å². The standard InChI is InChI=1S/C50H32O/c1-5-15-33(16-6-1)37-27-29-41-44(31-37)47(35-19-9-3-10-20-35)42-30-28-38(32-45(42)48(41)36-21-11-4-12-22-36)39-23-14-26-46-49(39)43-25-13-24-40(50(43)51-46)34-17-7-2-8-18-34/h1-32H. The van der Waals surface area contributed by atoms with Crippen LogP contribution in [0.25, 0.3) is 99.1 Å². The maximum atomic E-state index is 6.66. The molecule has 9 aromatic carbocycles. The first-order valence-electron chi connectivity index (χ1n) is 17.5. The van der Waals surface area contributed by atoms with Crippen molar-refractivity contribution < 1.29 is 4.42 Å². The van der Waals surface area contributed by atoms with Crippen LogP contribution in [0.4, 0.5) is 0 Å². The largest absolute Gasteiger partial charge is 0.455 e. The van der Waals surface area contributed by atoms with E-state index in [1.54, 1.807) is 0 Å². The summed E-state index contributed by atoms with van der Waals surface area (Å²) in [6.45, 7) is 0. The van der Waals surface area contributed by atoms with Crippen LogP contribution in [0.2, 0.25) is 0 Å². The van der Waals surface area contributed by atoms with Gasteiger partial charge in [-0.1, -0.05) is 176 Å². The Morgan fingerprint density at radius 3 is 1.37 bits per heavy atom. The second-order valence-electron chi connectivity index (χ2n) is 13.2. The second-order valence-corrected chi connectivity index (χ2v) is 13.2. The monoisotopic (exact) mass is 648 g/mol. The molecule has 0 aliphatic rings. The fourth-order valence-corrected chi connectivity index (χ4v) is 7.97. The van der Waals surface area contributed by atoms with Gasteiger partial charge in [-0.15, -0.1) is 0 Å². The second kappa shape index (κ2) is 12.0. The van der Waals surface area contributed by atoms with Crippen LogP contribution in [0.5, 0.6) is 0 Å². The molecule has 0 atom stereocenters. The van der Waals surface area contributed by atoms with Gasteiger partial charge >= 0.3 is 0 Å². The fourth-order valence-electron chi connectivity index (χ4n) is 7.97. The van der Waals surface area contributed by atoms with E-state index in [9.17, 15) is 0 Å². The van der Waals surface area contributed by atoms with Gasteiger partial charge in [0.1, 0.15) is 11.2 Å². The highest BCUT2D eigenvalue weighted by molar-refractivity contribution is 6.23. The number of furan rings is 1. The van der Waals surface area contributed by atoms with E-state index >= 15 is 0 Å². The SMILES string of the molecule is c1ccc(-c2ccc3c(-c4ccccc4)c4cc(-c5cccc6oc7c(-c8ccccc8)cccc7c56)ccc4c(-c4ccccc4)c3c2)cc1. The van der Waals surface area contributed by atoms with E-state index in [2.05, 4.69) is 194 Å². The normalized spacial score (nSPS) is 11.5. The van der Waals surface area contributed by atoms with Crippen LogP contribution in [0.1, 0.15) is 0 Å². The van der Waals surface area contributed by atoms with E-state index < -0.39 is 0 Å². The molecule has 0 N–H and O–H groups in total. The highest BCUT2D eigenvalue weighted by Gasteiger charge is 2.20. The average Bonchev–Trinajstić information content (AvgIpc) is 3.60. The predicted octanol–water partition coefficient (Wildman–Crippen LogP) is 14.2. The smallest absolute Gasteiger partial charge is 0.143 e. The van der Waals surface area contributed by atoms with E-state index in [1.807, 2.05) is 0 Å². The molecule has 0 spiro atoms. The summed E-state index contributed by atoms with van der Waals surface area (Å²) in [5, 5.41) is 7.22. The Morgan fingerprint density at radius 1 is 0.275 bits per heavy atom. The lowest BCUT2D eigenvalue weighted by Gasteiger charge is -2.20. The summed E-state index contributed by atoms with van der Waals surface area (Å²) in [6, 6.07) is 69.9. The zero-order valence-corrected chi connectivity index (χ0v) is 27.9. The quantitative estimate of drug-likeness (QED) is 0.169. The molecule has 0 aliphatic heterocycles. The Labute approximate surface area is 296 Å². The van der Waals surface area contributed by atoms with Crippen molar-refractivity contribution in [2.45, 2.75) is 0 Å². The minimum absolute atomic E-state index is 0.895. The first kappa shape index (κ1) is 29.2. The summed E-state index contributed by atoms with van der Waals surface area (Å²) in [7, 11) is 0. The third-order valence-electron chi connectivity index (χ3n) is 10.3. The Kier molecular flexibility index (Phi) is 6.89. The minimum atomic E-state index is 0.895. The van der Waals surface area contributed by atoms with Crippen LogP contribution in [-0.2, 0) is 0 Å². The van der Waals surface area contributed by atoms with Crippen LogP contribution in [0.15, 0.2) is 199 Å². The van der Waals surface area contributed by atoms with Gasteiger partial charge in [-0.3, -0.25) is 0 Å². The van der Waals surface area contributed by atoms with E-state index in [1.165, 1.54) is 54.9 Å². The van der Waals surface area contributed by atoms with Gasteiger partial charge in [-0.2, -0.15) is 0 Å². The fraction of sp³-hybridized carbons (Fsp3) is 0. The van der Waals surface area contributed by atoms with Gasteiger partial charge in [-0.25, -0.2) is 0 Å². The molecule has 1 heteroatoms. The van der Waals surface area contributed by atoms with E-state index in [0.29, 0.717) is 0 Å². The van der Waals surface area contributed by atoms with Crippen molar-refractivity contribution in [2.75, 3.05) is 0 Å². The molecule has 51 heavy (non-hydrogen) atoms. The van der Waals surface area contributed by atoms with Gasteiger partial charge in [0, 0.05) is 16.3 Å². The Morgan fingerprint density at radius 2 is 0.765 bits per heavy atom. The summed E-state index contributed by atoms with van der Waals surface area (Å²) in [6.07, 6.45) is 0. The molecule has 1 aromatic heterocycles. The summed E-state index contributed by atoms with van der Waals surface area (Å²) in [4.78, 5) is 0. The summed E-state index contributed by atoms with van der Waals surface area (Å²) < 4.78 is 6.66. The molecule has 0 unspecified atom stereocenters. The lowest BCUT2D eigenvalue weighted by molar-refractivity contribution is 0.670. The van der Waals surface area contributed by atoms with Crippen LogP contribution < -0.4 is 0 Å². The van der Waals surface area contributed by atoms with E-state index in [-0.39, 0.29) is 0 Å². The molecule has 0 bridgehead atoms. The molecule has 0 radical (unpaired) electrons. The number of hydrogen-bond donors (Lipinski definition) is 0. The third-order valence-corrected chi connectivity index (χ3v) is 10.3. The number of benzene rings is 9. The van der Waals surface area contributed by atoms with Gasteiger partial charge in [0.2, 0.25) is 0 Å². The maximum absolute atomic E-state index is 6.66. The zero-order valence-electron chi connectivity index (χ0n) is 27.9. The third kappa shape index (κ3) is 4.86. The summed E-state index contributed by atoms with van der Waals surface area (Å²) >= 11 is 0. The van der Waals surface area contributed by atoms with Crippen molar-refractivity contribution in [1.82, 2.24) is 0 Å². The van der Waals surface area contributed by atoms with Gasteiger partial charge in [0.05, 0.1) is 0 Å². The van der Waals surface area contributed by atoms with Gasteiger partial charge in [0.25, 0.3) is 0 Å².